The topological polar surface area (TPSA) is 81.7 Å². The molecule has 0 bridgehead atoms. The summed E-state index contributed by atoms with van der Waals surface area (Å²) in [6, 6.07) is 0. The summed E-state index contributed by atoms with van der Waals surface area (Å²) >= 11 is 0. The van der Waals surface area contributed by atoms with Crippen molar-refractivity contribution in [3.63, 3.8) is 0 Å². The van der Waals surface area contributed by atoms with Gasteiger partial charge in [0.2, 0.25) is 5.91 Å². The fourth-order valence-electron chi connectivity index (χ4n) is 2.64. The number of hydrogen-bond acceptors (Lipinski definition) is 5. The maximum atomic E-state index is 12.1. The van der Waals surface area contributed by atoms with Crippen molar-refractivity contribution in [1.82, 2.24) is 10.4 Å². The number of hydrogen-bond donors (Lipinski definition) is 1. The quantitative estimate of drug-likeness (QED) is 0.692. The zero-order valence-electron chi connectivity index (χ0n) is 10.4. The van der Waals surface area contributed by atoms with E-state index in [0.717, 1.165) is 12.8 Å². The van der Waals surface area contributed by atoms with Gasteiger partial charge >= 0.3 is 0 Å². The summed E-state index contributed by atoms with van der Waals surface area (Å²) in [5.41, 5.74) is 2.80. The summed E-state index contributed by atoms with van der Waals surface area (Å²) in [4.78, 5) is 23.1. The molecule has 0 radical (unpaired) electrons. The van der Waals surface area contributed by atoms with Crippen LogP contribution in [0, 0.1) is 11.8 Å². The number of hydrazine groups is 1. The molecule has 2 aliphatic rings. The monoisotopic (exact) mass is 255 g/mol. The highest BCUT2D eigenvalue weighted by Crippen LogP contribution is 2.29. The Balaban J connectivity index is 1.91. The smallest absolute Gasteiger partial charge is 0.238 e. The van der Waals surface area contributed by atoms with Crippen molar-refractivity contribution in [3.05, 3.63) is 0 Å². The Morgan fingerprint density at radius 1 is 1.11 bits per heavy atom. The Bertz CT molecular complexity index is 315. The van der Waals surface area contributed by atoms with Crippen LogP contribution >= 0.6 is 0 Å². The van der Waals surface area contributed by atoms with Crippen molar-refractivity contribution in [2.45, 2.75) is 25.7 Å². The van der Waals surface area contributed by atoms with Crippen molar-refractivity contribution >= 4 is 11.9 Å². The lowest BCUT2D eigenvalue weighted by molar-refractivity contribution is -0.314. The molecule has 102 valence electrons. The van der Waals surface area contributed by atoms with Gasteiger partial charge in [0.15, 0.2) is 0 Å². The minimum atomic E-state index is -1.10. The second-order valence-corrected chi connectivity index (χ2v) is 4.89. The van der Waals surface area contributed by atoms with Gasteiger partial charge in [0.25, 0.3) is 0 Å². The Morgan fingerprint density at radius 2 is 1.72 bits per heavy atom. The van der Waals surface area contributed by atoms with Gasteiger partial charge in [0.05, 0.1) is 13.2 Å². The van der Waals surface area contributed by atoms with Crippen LogP contribution in [0.4, 0.5) is 0 Å². The first-order valence-electron chi connectivity index (χ1n) is 6.52. The van der Waals surface area contributed by atoms with Crippen molar-refractivity contribution in [1.29, 1.82) is 0 Å². The first kappa shape index (κ1) is 13.3. The van der Waals surface area contributed by atoms with Crippen LogP contribution in [0.25, 0.3) is 0 Å². The van der Waals surface area contributed by atoms with E-state index in [0.29, 0.717) is 39.1 Å². The third-order valence-corrected chi connectivity index (χ3v) is 3.68. The summed E-state index contributed by atoms with van der Waals surface area (Å²) in [6.07, 6.45) is 2.95. The van der Waals surface area contributed by atoms with Gasteiger partial charge in [0, 0.05) is 30.9 Å². The zero-order chi connectivity index (χ0) is 13.0. The van der Waals surface area contributed by atoms with Crippen LogP contribution in [-0.4, -0.2) is 43.2 Å². The molecule has 1 aliphatic carbocycles. The van der Waals surface area contributed by atoms with Gasteiger partial charge in [-0.05, 0) is 12.8 Å². The number of amides is 1. The van der Waals surface area contributed by atoms with E-state index >= 15 is 0 Å². The molecule has 0 aromatic carbocycles. The Labute approximate surface area is 106 Å². The van der Waals surface area contributed by atoms with Crippen LogP contribution in [0.5, 0.6) is 0 Å². The predicted molar refractivity (Wildman–Crippen MR) is 61.0 cm³/mol. The fourth-order valence-corrected chi connectivity index (χ4v) is 2.64. The van der Waals surface area contributed by atoms with E-state index in [-0.39, 0.29) is 5.91 Å². The van der Waals surface area contributed by atoms with Gasteiger partial charge in [-0.2, -0.15) is 0 Å². The summed E-state index contributed by atoms with van der Waals surface area (Å²) in [5.74, 6) is -2.38. The molecule has 1 saturated carbocycles. The highest BCUT2D eigenvalue weighted by atomic mass is 16.5. The molecule has 0 aromatic heterocycles. The molecule has 0 spiro atoms. The van der Waals surface area contributed by atoms with Gasteiger partial charge < -0.3 is 14.6 Å². The summed E-state index contributed by atoms with van der Waals surface area (Å²) in [6.45, 7) is 2.48. The summed E-state index contributed by atoms with van der Waals surface area (Å²) < 4.78 is 5.19. The lowest BCUT2D eigenvalue weighted by atomic mass is 9.79. The number of carboxylic acid groups (broad SMARTS) is 1. The number of aliphatic carboxylic acids is 1. The van der Waals surface area contributed by atoms with Gasteiger partial charge in [-0.15, -0.1) is 0 Å². The standard InChI is InChI=1S/C12H20N2O4/c15-11(13-14-5-7-18-8-6-14)9-3-1-2-4-10(9)12(16)17/h9-10H,1-8H2,(H,13,15)(H,16,17)/p-1/t9-,10+/m0/s1. The highest BCUT2D eigenvalue weighted by Gasteiger charge is 2.32. The molecular formula is C12H19N2O4-. The second kappa shape index (κ2) is 6.15. The molecule has 0 aromatic rings. The fraction of sp³-hybridized carbons (Fsp3) is 0.833. The van der Waals surface area contributed by atoms with Crippen molar-refractivity contribution in [2.24, 2.45) is 11.8 Å². The molecule has 1 saturated heterocycles. The predicted octanol–water partition coefficient (Wildman–Crippen LogP) is -1.09. The van der Waals surface area contributed by atoms with E-state index in [1.54, 1.807) is 5.01 Å². The molecule has 1 N–H and O–H groups in total. The van der Waals surface area contributed by atoms with Crippen LogP contribution in [0.15, 0.2) is 0 Å². The van der Waals surface area contributed by atoms with Gasteiger partial charge in [0.1, 0.15) is 0 Å². The Hall–Kier alpha value is -1.14. The first-order chi connectivity index (χ1) is 8.68. The average Bonchev–Trinajstić information content (AvgIpc) is 2.40. The van der Waals surface area contributed by atoms with Gasteiger partial charge in [-0.25, -0.2) is 5.01 Å². The largest absolute Gasteiger partial charge is 0.550 e. The van der Waals surface area contributed by atoms with Crippen molar-refractivity contribution in [2.75, 3.05) is 26.3 Å². The zero-order valence-corrected chi connectivity index (χ0v) is 10.4. The molecule has 2 fully saturated rings. The van der Waals surface area contributed by atoms with Crippen molar-refractivity contribution in [3.8, 4) is 0 Å². The van der Waals surface area contributed by atoms with E-state index < -0.39 is 17.8 Å². The molecule has 18 heavy (non-hydrogen) atoms. The van der Waals surface area contributed by atoms with Gasteiger partial charge in [-0.1, -0.05) is 12.8 Å². The third-order valence-electron chi connectivity index (χ3n) is 3.68. The molecule has 1 amide bonds. The highest BCUT2D eigenvalue weighted by molar-refractivity contribution is 5.83. The average molecular weight is 255 g/mol. The maximum absolute atomic E-state index is 12.1. The van der Waals surface area contributed by atoms with Crippen LogP contribution in [0.3, 0.4) is 0 Å². The third kappa shape index (κ3) is 3.20. The van der Waals surface area contributed by atoms with Crippen LogP contribution in [-0.2, 0) is 14.3 Å². The van der Waals surface area contributed by atoms with Crippen molar-refractivity contribution < 1.29 is 19.4 Å². The number of rotatable bonds is 3. The van der Waals surface area contributed by atoms with E-state index in [4.69, 9.17) is 4.74 Å². The van der Waals surface area contributed by atoms with Crippen LogP contribution < -0.4 is 10.5 Å². The molecular weight excluding hydrogens is 236 g/mol. The number of morpholine rings is 1. The number of carboxylic acids is 1. The molecule has 6 nitrogen and oxygen atoms in total. The van der Waals surface area contributed by atoms with Crippen LogP contribution in [0.1, 0.15) is 25.7 Å². The summed E-state index contributed by atoms with van der Waals surface area (Å²) in [7, 11) is 0. The molecule has 1 aliphatic heterocycles. The molecule has 2 rings (SSSR count). The minimum Gasteiger partial charge on any atom is -0.550 e. The lowest BCUT2D eigenvalue weighted by Crippen LogP contribution is -2.53. The Morgan fingerprint density at radius 3 is 2.33 bits per heavy atom. The molecule has 0 unspecified atom stereocenters. The van der Waals surface area contributed by atoms with E-state index in [1.165, 1.54) is 0 Å². The molecule has 6 heteroatoms. The number of ether oxygens (including phenoxy) is 1. The maximum Gasteiger partial charge on any atom is 0.238 e. The number of nitrogens with one attached hydrogen (secondary N) is 1. The Kier molecular flexibility index (Phi) is 4.54. The normalized spacial score (nSPS) is 29.8. The minimum absolute atomic E-state index is 0.189. The van der Waals surface area contributed by atoms with Gasteiger partial charge in [-0.3, -0.25) is 10.2 Å². The van der Waals surface area contributed by atoms with E-state index in [9.17, 15) is 14.7 Å². The molecule has 1 heterocycles. The lowest BCUT2D eigenvalue weighted by Gasteiger charge is -2.34. The van der Waals surface area contributed by atoms with E-state index in [1.807, 2.05) is 0 Å². The second-order valence-electron chi connectivity index (χ2n) is 4.89. The first-order valence-corrected chi connectivity index (χ1v) is 6.52. The number of nitrogens with zero attached hydrogens (tertiary/aromatic N) is 1. The SMILES string of the molecule is O=C(NN1CCOCC1)[C@H]1CCCC[C@H]1C(=O)[O-]. The number of carbonyl (C=O) groups is 2. The van der Waals surface area contributed by atoms with E-state index in [2.05, 4.69) is 5.43 Å². The van der Waals surface area contributed by atoms with Crippen LogP contribution in [0.2, 0.25) is 0 Å². The number of carbonyl (C=O) groups excluding carboxylic acids is 2. The summed E-state index contributed by atoms with van der Waals surface area (Å²) in [5, 5.41) is 12.8. The molecule has 2 atom stereocenters.